The average Bonchev–Trinajstić information content (AvgIpc) is 2.69. The lowest BCUT2D eigenvalue weighted by Gasteiger charge is -2.27. The Hall–Kier alpha value is -0.0900. The van der Waals surface area contributed by atoms with Gasteiger partial charge in [-0.3, -0.25) is 4.90 Å². The molecule has 0 aliphatic rings. The molecule has 104 valence electrons. The zero-order valence-electron chi connectivity index (χ0n) is 11.9. The van der Waals surface area contributed by atoms with Crippen molar-refractivity contribution >= 4 is 22.9 Å². The van der Waals surface area contributed by atoms with Gasteiger partial charge in [0.1, 0.15) is 0 Å². The van der Waals surface area contributed by atoms with Gasteiger partial charge >= 0.3 is 0 Å². The second-order valence-corrected chi connectivity index (χ2v) is 7.03. The van der Waals surface area contributed by atoms with E-state index in [1.54, 1.807) is 11.3 Å². The van der Waals surface area contributed by atoms with E-state index in [-0.39, 0.29) is 0 Å². The van der Waals surface area contributed by atoms with Crippen LogP contribution in [0.25, 0.3) is 0 Å². The summed E-state index contributed by atoms with van der Waals surface area (Å²) in [5.74, 6) is 0.712. The third kappa shape index (κ3) is 5.70. The van der Waals surface area contributed by atoms with Crippen LogP contribution < -0.4 is 5.32 Å². The molecular formula is C14H25ClN2S. The molecule has 1 N–H and O–H groups in total. The maximum Gasteiger partial charge on any atom is 0.0931 e. The summed E-state index contributed by atoms with van der Waals surface area (Å²) in [7, 11) is 2.19. The highest BCUT2D eigenvalue weighted by Crippen LogP contribution is 2.23. The minimum Gasteiger partial charge on any atom is -0.315 e. The molecule has 0 aliphatic heterocycles. The molecule has 0 saturated carbocycles. The fourth-order valence-electron chi connectivity index (χ4n) is 1.96. The Morgan fingerprint density at radius 2 is 2.06 bits per heavy atom. The molecule has 0 aliphatic carbocycles. The third-order valence-corrected chi connectivity index (χ3v) is 4.28. The quantitative estimate of drug-likeness (QED) is 0.781. The summed E-state index contributed by atoms with van der Waals surface area (Å²) in [5.41, 5.74) is 0. The van der Waals surface area contributed by atoms with Crippen LogP contribution >= 0.6 is 22.9 Å². The van der Waals surface area contributed by atoms with Crippen molar-refractivity contribution in [2.75, 3.05) is 20.1 Å². The van der Waals surface area contributed by atoms with E-state index in [4.69, 9.17) is 11.6 Å². The first kappa shape index (κ1) is 16.0. The number of hydrogen-bond acceptors (Lipinski definition) is 3. The highest BCUT2D eigenvalue weighted by atomic mass is 35.5. The molecule has 1 unspecified atom stereocenters. The predicted molar refractivity (Wildman–Crippen MR) is 82.6 cm³/mol. The molecule has 18 heavy (non-hydrogen) atoms. The Balaban J connectivity index is 2.39. The van der Waals surface area contributed by atoms with Gasteiger partial charge in [-0.1, -0.05) is 32.4 Å². The van der Waals surface area contributed by atoms with Crippen LogP contribution in [0.4, 0.5) is 0 Å². The fourth-order valence-corrected chi connectivity index (χ4v) is 3.11. The average molecular weight is 289 g/mol. The van der Waals surface area contributed by atoms with Crippen LogP contribution in [0.2, 0.25) is 4.34 Å². The second kappa shape index (κ2) is 8.16. The van der Waals surface area contributed by atoms with E-state index in [0.717, 1.165) is 24.0 Å². The first-order valence-electron chi connectivity index (χ1n) is 6.68. The molecule has 1 atom stereocenters. The van der Waals surface area contributed by atoms with Gasteiger partial charge in [0.05, 0.1) is 4.34 Å². The number of halogens is 1. The first-order chi connectivity index (χ1) is 8.52. The molecular weight excluding hydrogens is 264 g/mol. The molecule has 0 radical (unpaired) electrons. The molecule has 1 rings (SSSR count). The Kier molecular flexibility index (Phi) is 7.23. The SMILES string of the molecule is CCC(CNCC(C)C)N(C)Cc1ccc(Cl)s1. The number of thiophene rings is 1. The maximum atomic E-state index is 5.96. The number of nitrogens with one attached hydrogen (secondary N) is 1. The van der Waals surface area contributed by atoms with Crippen LogP contribution in [0.3, 0.4) is 0 Å². The van der Waals surface area contributed by atoms with Crippen molar-refractivity contribution in [3.8, 4) is 0 Å². The van der Waals surface area contributed by atoms with Gasteiger partial charge < -0.3 is 5.32 Å². The standard InChI is InChI=1S/C14H25ClN2S/c1-5-12(9-16-8-11(2)3)17(4)10-13-6-7-14(15)18-13/h6-7,11-12,16H,5,8-10H2,1-4H3. The van der Waals surface area contributed by atoms with E-state index in [1.807, 2.05) is 6.07 Å². The maximum absolute atomic E-state index is 5.96. The van der Waals surface area contributed by atoms with Crippen molar-refractivity contribution < 1.29 is 0 Å². The normalized spacial score (nSPS) is 13.5. The van der Waals surface area contributed by atoms with Gasteiger partial charge in [0.2, 0.25) is 0 Å². The molecule has 0 bridgehead atoms. The molecule has 0 aromatic carbocycles. The van der Waals surface area contributed by atoms with Gasteiger partial charge in [-0.05, 0) is 38.1 Å². The van der Waals surface area contributed by atoms with Crippen LogP contribution in [0.5, 0.6) is 0 Å². The Morgan fingerprint density at radius 1 is 1.33 bits per heavy atom. The van der Waals surface area contributed by atoms with Crippen molar-refractivity contribution in [3.05, 3.63) is 21.3 Å². The lowest BCUT2D eigenvalue weighted by atomic mass is 10.1. The largest absolute Gasteiger partial charge is 0.315 e. The summed E-state index contributed by atoms with van der Waals surface area (Å²) in [4.78, 5) is 3.75. The highest BCUT2D eigenvalue weighted by molar-refractivity contribution is 7.16. The van der Waals surface area contributed by atoms with Crippen LogP contribution in [0.1, 0.15) is 32.1 Å². The first-order valence-corrected chi connectivity index (χ1v) is 7.87. The highest BCUT2D eigenvalue weighted by Gasteiger charge is 2.13. The summed E-state index contributed by atoms with van der Waals surface area (Å²) < 4.78 is 0.879. The molecule has 0 fully saturated rings. The second-order valence-electron chi connectivity index (χ2n) is 5.24. The molecule has 0 amide bonds. The van der Waals surface area contributed by atoms with Crippen molar-refractivity contribution in [3.63, 3.8) is 0 Å². The van der Waals surface area contributed by atoms with E-state index in [9.17, 15) is 0 Å². The number of hydrogen-bond donors (Lipinski definition) is 1. The van der Waals surface area contributed by atoms with Gasteiger partial charge in [0.15, 0.2) is 0 Å². The summed E-state index contributed by atoms with van der Waals surface area (Å²) in [5, 5.41) is 3.54. The zero-order chi connectivity index (χ0) is 13.5. The molecule has 1 aromatic heterocycles. The topological polar surface area (TPSA) is 15.3 Å². The van der Waals surface area contributed by atoms with Crippen LogP contribution in [0, 0.1) is 5.92 Å². The fraction of sp³-hybridized carbons (Fsp3) is 0.714. The van der Waals surface area contributed by atoms with Gasteiger partial charge in [0, 0.05) is 24.0 Å². The molecule has 1 heterocycles. The monoisotopic (exact) mass is 288 g/mol. The Labute approximate surface area is 120 Å². The summed E-state index contributed by atoms with van der Waals surface area (Å²) in [6.07, 6.45) is 1.17. The van der Waals surface area contributed by atoms with E-state index in [1.165, 1.54) is 11.3 Å². The summed E-state index contributed by atoms with van der Waals surface area (Å²) in [6, 6.07) is 4.69. The van der Waals surface area contributed by atoms with Crippen LogP contribution in [-0.4, -0.2) is 31.1 Å². The van der Waals surface area contributed by atoms with Gasteiger partial charge in [-0.15, -0.1) is 11.3 Å². The lowest BCUT2D eigenvalue weighted by molar-refractivity contribution is 0.221. The molecule has 4 heteroatoms. The summed E-state index contributed by atoms with van der Waals surface area (Å²) >= 11 is 7.64. The summed E-state index contributed by atoms with van der Waals surface area (Å²) in [6.45, 7) is 9.87. The number of rotatable bonds is 8. The third-order valence-electron chi connectivity index (χ3n) is 3.06. The minimum atomic E-state index is 0.588. The molecule has 0 saturated heterocycles. The smallest absolute Gasteiger partial charge is 0.0931 e. The lowest BCUT2D eigenvalue weighted by Crippen LogP contribution is -2.40. The Morgan fingerprint density at radius 3 is 2.56 bits per heavy atom. The molecule has 2 nitrogen and oxygen atoms in total. The van der Waals surface area contributed by atoms with E-state index < -0.39 is 0 Å². The Bertz CT molecular complexity index is 338. The van der Waals surface area contributed by atoms with Crippen molar-refractivity contribution in [2.24, 2.45) is 5.92 Å². The van der Waals surface area contributed by atoms with E-state index >= 15 is 0 Å². The van der Waals surface area contributed by atoms with Crippen molar-refractivity contribution in [2.45, 2.75) is 39.8 Å². The zero-order valence-corrected chi connectivity index (χ0v) is 13.4. The van der Waals surface area contributed by atoms with Gasteiger partial charge in [-0.2, -0.15) is 0 Å². The molecule has 0 spiro atoms. The number of nitrogens with zero attached hydrogens (tertiary/aromatic N) is 1. The van der Waals surface area contributed by atoms with Crippen molar-refractivity contribution in [1.29, 1.82) is 0 Å². The van der Waals surface area contributed by atoms with Gasteiger partial charge in [-0.25, -0.2) is 0 Å². The van der Waals surface area contributed by atoms with Crippen molar-refractivity contribution in [1.82, 2.24) is 10.2 Å². The number of likely N-dealkylation sites (N-methyl/N-ethyl adjacent to an activating group) is 1. The van der Waals surface area contributed by atoms with Crippen LogP contribution in [-0.2, 0) is 6.54 Å². The molecule has 1 aromatic rings. The van der Waals surface area contributed by atoms with Crippen LogP contribution in [0.15, 0.2) is 12.1 Å². The van der Waals surface area contributed by atoms with Gasteiger partial charge in [0.25, 0.3) is 0 Å². The van der Waals surface area contributed by atoms with E-state index in [0.29, 0.717) is 12.0 Å². The van der Waals surface area contributed by atoms with E-state index in [2.05, 4.69) is 44.1 Å². The minimum absolute atomic E-state index is 0.588. The predicted octanol–water partition coefficient (Wildman–Crippen LogP) is 3.86.